The summed E-state index contributed by atoms with van der Waals surface area (Å²) < 4.78 is 4.91. The number of anilines is 1. The Labute approximate surface area is 209 Å². The van der Waals surface area contributed by atoms with Crippen molar-refractivity contribution in [2.24, 2.45) is 0 Å². The minimum absolute atomic E-state index is 0.155. The van der Waals surface area contributed by atoms with E-state index in [0.717, 1.165) is 5.56 Å². The summed E-state index contributed by atoms with van der Waals surface area (Å²) in [5, 5.41) is 26.4. The highest BCUT2D eigenvalue weighted by Crippen LogP contribution is 2.08. The Balaban J connectivity index is 1.90. The molecule has 0 bridgehead atoms. The van der Waals surface area contributed by atoms with Crippen LogP contribution in [0.15, 0.2) is 48.5 Å². The molecule has 3 amide bonds. The van der Waals surface area contributed by atoms with Crippen LogP contribution in [0.4, 0.5) is 5.69 Å². The van der Waals surface area contributed by atoms with Gasteiger partial charge in [-0.1, -0.05) is 11.8 Å². The van der Waals surface area contributed by atoms with Gasteiger partial charge >= 0.3 is 0 Å². The number of methoxy groups -OCH3 is 1. The summed E-state index contributed by atoms with van der Waals surface area (Å²) in [4.78, 5) is 35.7. The molecule has 0 fully saturated rings. The van der Waals surface area contributed by atoms with Crippen LogP contribution in [0.25, 0.3) is 0 Å². The van der Waals surface area contributed by atoms with Crippen LogP contribution < -0.4 is 21.4 Å². The van der Waals surface area contributed by atoms with Crippen molar-refractivity contribution < 1.29 is 29.4 Å². The third-order valence-corrected chi connectivity index (χ3v) is 4.72. The second-order valence-electron chi connectivity index (χ2n) is 7.54. The molecule has 0 radical (unpaired) electrons. The van der Waals surface area contributed by atoms with E-state index in [1.54, 1.807) is 43.5 Å². The zero-order valence-electron chi connectivity index (χ0n) is 19.9. The molecule has 6 N–H and O–H groups in total. The normalized spacial score (nSPS) is 11.6. The summed E-state index contributed by atoms with van der Waals surface area (Å²) in [5.74, 6) is 9.59. The standard InChI is InChI=1S/C26H28N4O6/c1-18(31)24(26(34)30-35)29-25(33)21-11-7-19(8-12-21)5-3-4-6-20-9-13-22(14-10-20)28-23(32)17-27-15-16-36-2/h7-14,18,24,27,31,35H,15-17H2,1-2H3,(H,28,32)(H,29,33)(H,30,34)/t18-,24+/m1/s1. The number of ether oxygens (including phenoxy) is 1. The van der Waals surface area contributed by atoms with Gasteiger partial charge in [0.2, 0.25) is 5.91 Å². The summed E-state index contributed by atoms with van der Waals surface area (Å²) in [6.07, 6.45) is -1.20. The molecule has 10 heteroatoms. The van der Waals surface area contributed by atoms with Gasteiger partial charge in [-0.3, -0.25) is 19.6 Å². The Morgan fingerprint density at radius 1 is 0.972 bits per heavy atom. The van der Waals surface area contributed by atoms with Gasteiger partial charge in [-0.2, -0.15) is 0 Å². The molecular weight excluding hydrogens is 464 g/mol. The fourth-order valence-corrected chi connectivity index (χ4v) is 2.83. The minimum atomic E-state index is -1.30. The van der Waals surface area contributed by atoms with E-state index in [4.69, 9.17) is 9.94 Å². The number of carbonyl (C=O) groups excluding carboxylic acids is 3. The number of nitrogens with one attached hydrogen (secondary N) is 4. The van der Waals surface area contributed by atoms with Gasteiger partial charge in [-0.15, -0.1) is 0 Å². The van der Waals surface area contributed by atoms with Gasteiger partial charge in [0.05, 0.1) is 19.3 Å². The van der Waals surface area contributed by atoms with E-state index >= 15 is 0 Å². The predicted molar refractivity (Wildman–Crippen MR) is 133 cm³/mol. The van der Waals surface area contributed by atoms with Crippen molar-refractivity contribution in [1.29, 1.82) is 0 Å². The molecule has 0 saturated carbocycles. The van der Waals surface area contributed by atoms with Gasteiger partial charge in [-0.25, -0.2) is 5.48 Å². The summed E-state index contributed by atoms with van der Waals surface area (Å²) in [5.41, 5.74) is 3.67. The molecule has 0 aliphatic heterocycles. The van der Waals surface area contributed by atoms with Crippen LogP contribution in [0, 0.1) is 23.7 Å². The average Bonchev–Trinajstić information content (AvgIpc) is 2.88. The first-order valence-corrected chi connectivity index (χ1v) is 11.0. The van der Waals surface area contributed by atoms with Crippen molar-refractivity contribution in [2.75, 3.05) is 32.1 Å². The largest absolute Gasteiger partial charge is 0.391 e. The lowest BCUT2D eigenvalue weighted by atomic mass is 10.1. The van der Waals surface area contributed by atoms with E-state index in [2.05, 4.69) is 39.6 Å². The fraction of sp³-hybridized carbons (Fsp3) is 0.269. The van der Waals surface area contributed by atoms with Gasteiger partial charge in [0, 0.05) is 36.0 Å². The van der Waals surface area contributed by atoms with Crippen LogP contribution >= 0.6 is 0 Å². The lowest BCUT2D eigenvalue weighted by molar-refractivity contribution is -0.133. The third-order valence-electron chi connectivity index (χ3n) is 4.72. The van der Waals surface area contributed by atoms with Gasteiger partial charge in [-0.05, 0) is 67.3 Å². The minimum Gasteiger partial charge on any atom is -0.391 e. The maximum absolute atomic E-state index is 12.3. The van der Waals surface area contributed by atoms with Crippen molar-refractivity contribution in [3.8, 4) is 23.7 Å². The lowest BCUT2D eigenvalue weighted by Crippen LogP contribution is -2.51. The van der Waals surface area contributed by atoms with Crippen LogP contribution in [0.2, 0.25) is 0 Å². The maximum atomic E-state index is 12.3. The summed E-state index contributed by atoms with van der Waals surface area (Å²) in [6, 6.07) is 12.0. The van der Waals surface area contributed by atoms with Crippen molar-refractivity contribution in [3.63, 3.8) is 0 Å². The third kappa shape index (κ3) is 9.58. The Kier molecular flexibility index (Phi) is 11.6. The number of hydrogen-bond donors (Lipinski definition) is 6. The Morgan fingerprint density at radius 2 is 1.56 bits per heavy atom. The van der Waals surface area contributed by atoms with Gasteiger partial charge in [0.15, 0.2) is 0 Å². The Hall–Kier alpha value is -4.19. The highest BCUT2D eigenvalue weighted by Gasteiger charge is 2.25. The molecule has 0 aromatic heterocycles. The van der Waals surface area contributed by atoms with Crippen LogP contribution in [0.3, 0.4) is 0 Å². The number of amides is 3. The molecule has 0 aliphatic carbocycles. The number of hydroxylamine groups is 1. The first-order valence-electron chi connectivity index (χ1n) is 11.0. The molecule has 0 spiro atoms. The van der Waals surface area contributed by atoms with E-state index in [0.29, 0.717) is 24.4 Å². The van der Waals surface area contributed by atoms with Gasteiger partial charge < -0.3 is 25.8 Å². The maximum Gasteiger partial charge on any atom is 0.268 e. The van der Waals surface area contributed by atoms with Crippen molar-refractivity contribution in [3.05, 3.63) is 65.2 Å². The highest BCUT2D eigenvalue weighted by molar-refractivity contribution is 5.97. The number of benzene rings is 2. The van der Waals surface area contributed by atoms with E-state index in [-0.39, 0.29) is 18.0 Å². The summed E-state index contributed by atoms with van der Waals surface area (Å²) in [7, 11) is 1.60. The van der Waals surface area contributed by atoms with Crippen LogP contribution in [-0.4, -0.2) is 67.0 Å². The number of aliphatic hydroxyl groups is 1. The Bertz CT molecular complexity index is 1160. The van der Waals surface area contributed by atoms with Gasteiger partial charge in [0.25, 0.3) is 11.8 Å². The first-order chi connectivity index (χ1) is 17.3. The highest BCUT2D eigenvalue weighted by atomic mass is 16.5. The quantitative estimate of drug-likeness (QED) is 0.121. The fourth-order valence-electron chi connectivity index (χ4n) is 2.83. The average molecular weight is 493 g/mol. The monoisotopic (exact) mass is 492 g/mol. The van der Waals surface area contributed by atoms with Crippen molar-refractivity contribution in [2.45, 2.75) is 19.1 Å². The molecule has 2 aromatic rings. The summed E-state index contributed by atoms with van der Waals surface area (Å²) >= 11 is 0. The summed E-state index contributed by atoms with van der Waals surface area (Å²) in [6.45, 7) is 2.63. The van der Waals surface area contributed by atoms with Crippen molar-refractivity contribution in [1.82, 2.24) is 16.1 Å². The Morgan fingerprint density at radius 3 is 2.08 bits per heavy atom. The van der Waals surface area contributed by atoms with Crippen molar-refractivity contribution >= 4 is 23.4 Å². The number of hydrogen-bond acceptors (Lipinski definition) is 7. The molecule has 0 heterocycles. The van der Waals surface area contributed by atoms with Crippen LogP contribution in [-0.2, 0) is 14.3 Å². The molecule has 2 rings (SSSR count). The molecule has 2 aromatic carbocycles. The molecule has 0 aliphatic rings. The van der Waals surface area contributed by atoms with Crippen LogP contribution in [0.1, 0.15) is 28.4 Å². The van der Waals surface area contributed by atoms with E-state index in [1.807, 2.05) is 0 Å². The van der Waals surface area contributed by atoms with E-state index in [9.17, 15) is 19.5 Å². The van der Waals surface area contributed by atoms with Gasteiger partial charge in [0.1, 0.15) is 6.04 Å². The molecular formula is C26H28N4O6. The zero-order chi connectivity index (χ0) is 26.3. The SMILES string of the molecule is COCCNCC(=O)Nc1ccc(C#CC#Cc2ccc(C(=O)N[C@H](C(=O)NO)[C@@H](C)O)cc2)cc1. The smallest absolute Gasteiger partial charge is 0.268 e. The molecule has 10 nitrogen and oxygen atoms in total. The second-order valence-corrected chi connectivity index (χ2v) is 7.54. The topological polar surface area (TPSA) is 149 Å². The molecule has 0 saturated heterocycles. The lowest BCUT2D eigenvalue weighted by Gasteiger charge is -2.19. The van der Waals surface area contributed by atoms with Crippen LogP contribution in [0.5, 0.6) is 0 Å². The second kappa shape index (κ2) is 14.9. The molecule has 188 valence electrons. The number of carbonyl (C=O) groups is 3. The molecule has 36 heavy (non-hydrogen) atoms. The molecule has 0 unspecified atom stereocenters. The van der Waals surface area contributed by atoms with E-state index in [1.165, 1.54) is 24.5 Å². The first kappa shape index (κ1) is 28.1. The number of rotatable bonds is 10. The number of aliphatic hydroxyl groups excluding tert-OH is 1. The molecule has 2 atom stereocenters. The van der Waals surface area contributed by atoms with E-state index < -0.39 is 24.0 Å². The predicted octanol–water partition coefficient (Wildman–Crippen LogP) is 0.249. The zero-order valence-corrected chi connectivity index (χ0v) is 19.9.